The molecule has 0 bridgehead atoms. The molecule has 3 aromatic rings. The van der Waals surface area contributed by atoms with Gasteiger partial charge in [0, 0.05) is 24.3 Å². The molecule has 1 amide bonds. The molecule has 0 unspecified atom stereocenters. The molecule has 1 fully saturated rings. The maximum Gasteiger partial charge on any atom is 0.226 e. The van der Waals surface area contributed by atoms with Crippen LogP contribution in [0.1, 0.15) is 17.7 Å². The number of hydrogen-bond donors (Lipinski definition) is 3. The Bertz CT molecular complexity index is 853. The van der Waals surface area contributed by atoms with Gasteiger partial charge in [0.2, 0.25) is 5.91 Å². The van der Waals surface area contributed by atoms with Gasteiger partial charge in [0.05, 0.1) is 23.8 Å². The number of nitrogens with zero attached hydrogens (tertiary/aromatic N) is 2. The first-order chi connectivity index (χ1) is 12.2. The number of thiazole rings is 1. The summed E-state index contributed by atoms with van der Waals surface area (Å²) in [7, 11) is 0. The molecular weight excluding hydrogens is 372 g/mol. The molecule has 138 valence electrons. The number of piperidine rings is 1. The van der Waals surface area contributed by atoms with Crippen molar-refractivity contribution in [3.63, 3.8) is 0 Å². The van der Waals surface area contributed by atoms with Gasteiger partial charge in [-0.05, 0) is 18.5 Å². The maximum atomic E-state index is 12.7. The Morgan fingerprint density at radius 3 is 2.96 bits per heavy atom. The smallest absolute Gasteiger partial charge is 0.226 e. The van der Waals surface area contributed by atoms with Crippen LogP contribution in [0.15, 0.2) is 48.1 Å². The van der Waals surface area contributed by atoms with E-state index in [-0.39, 0.29) is 24.7 Å². The van der Waals surface area contributed by atoms with Crippen LogP contribution in [0.25, 0.3) is 4.96 Å². The minimum atomic E-state index is -0.763. The quantitative estimate of drug-likeness (QED) is 0.631. The fraction of sp³-hybridized carbons (Fsp3) is 0.333. The number of amides is 1. The number of aliphatic hydroxyl groups is 1. The molecule has 0 spiro atoms. The van der Waals surface area contributed by atoms with Crippen molar-refractivity contribution in [3.05, 3.63) is 59.4 Å². The summed E-state index contributed by atoms with van der Waals surface area (Å²) in [5, 5.41) is 18.9. The van der Waals surface area contributed by atoms with Crippen molar-refractivity contribution in [3.8, 4) is 0 Å². The lowest BCUT2D eigenvalue weighted by atomic mass is 9.79. The molecule has 26 heavy (non-hydrogen) atoms. The number of halogens is 1. The normalized spacial score (nSPS) is 22.7. The molecule has 1 aliphatic heterocycles. The van der Waals surface area contributed by atoms with Crippen molar-refractivity contribution in [1.82, 2.24) is 20.0 Å². The van der Waals surface area contributed by atoms with Crippen LogP contribution in [0, 0.1) is 0 Å². The lowest BCUT2D eigenvalue weighted by molar-refractivity contribution is -0.125. The standard InChI is InChI=1S/C18H20N4O2S.ClH/c23-15-11-19-7-6-18(15,13-4-2-1-3-5-13)21-16(24)10-14-12-22-8-9-25-17(22)20-14;/h1-5,8-9,12,15,19,23H,6-7,10-11H2,(H,21,24);1H/t15-,18+;/m1./s1. The van der Waals surface area contributed by atoms with Crippen LogP contribution in [-0.4, -0.2) is 39.6 Å². The van der Waals surface area contributed by atoms with Gasteiger partial charge in [-0.1, -0.05) is 30.3 Å². The summed E-state index contributed by atoms with van der Waals surface area (Å²) < 4.78 is 1.92. The van der Waals surface area contributed by atoms with Crippen LogP contribution in [0.5, 0.6) is 0 Å². The minimum absolute atomic E-state index is 0. The molecule has 4 rings (SSSR count). The monoisotopic (exact) mass is 392 g/mol. The zero-order valence-electron chi connectivity index (χ0n) is 14.1. The van der Waals surface area contributed by atoms with Crippen molar-refractivity contribution in [2.45, 2.75) is 24.5 Å². The lowest BCUT2D eigenvalue weighted by Gasteiger charge is -2.43. The third kappa shape index (κ3) is 3.48. The highest BCUT2D eigenvalue weighted by molar-refractivity contribution is 7.15. The van der Waals surface area contributed by atoms with Crippen LogP contribution in [0.2, 0.25) is 0 Å². The largest absolute Gasteiger partial charge is 0.389 e. The molecule has 6 nitrogen and oxygen atoms in total. The van der Waals surface area contributed by atoms with Crippen LogP contribution < -0.4 is 10.6 Å². The molecule has 1 aliphatic rings. The Labute approximate surface area is 161 Å². The van der Waals surface area contributed by atoms with Crippen molar-refractivity contribution >= 4 is 34.6 Å². The van der Waals surface area contributed by atoms with E-state index in [0.717, 1.165) is 22.8 Å². The van der Waals surface area contributed by atoms with E-state index >= 15 is 0 Å². The van der Waals surface area contributed by atoms with Gasteiger partial charge in [-0.3, -0.25) is 9.20 Å². The van der Waals surface area contributed by atoms with E-state index in [9.17, 15) is 9.90 Å². The van der Waals surface area contributed by atoms with Crippen molar-refractivity contribution in [1.29, 1.82) is 0 Å². The summed E-state index contributed by atoms with van der Waals surface area (Å²) in [6, 6.07) is 9.72. The van der Waals surface area contributed by atoms with Crippen molar-refractivity contribution in [2.24, 2.45) is 0 Å². The van der Waals surface area contributed by atoms with Gasteiger partial charge in [-0.25, -0.2) is 4.98 Å². The van der Waals surface area contributed by atoms with Gasteiger partial charge in [-0.2, -0.15) is 0 Å². The molecule has 0 saturated carbocycles. The van der Waals surface area contributed by atoms with Crippen LogP contribution in [0.4, 0.5) is 0 Å². The van der Waals surface area contributed by atoms with E-state index in [2.05, 4.69) is 15.6 Å². The highest BCUT2D eigenvalue weighted by Gasteiger charge is 2.42. The number of aromatic nitrogens is 2. The molecule has 0 aliphatic carbocycles. The molecule has 1 saturated heterocycles. The summed E-state index contributed by atoms with van der Waals surface area (Å²) >= 11 is 1.54. The Balaban J connectivity index is 0.00000196. The molecule has 2 aromatic heterocycles. The topological polar surface area (TPSA) is 78.7 Å². The Kier molecular flexibility index (Phi) is 5.62. The van der Waals surface area contributed by atoms with Gasteiger partial charge in [-0.15, -0.1) is 23.7 Å². The average molecular weight is 393 g/mol. The average Bonchev–Trinajstić information content (AvgIpc) is 3.19. The predicted octanol–water partition coefficient (Wildman–Crippen LogP) is 1.73. The van der Waals surface area contributed by atoms with Crippen LogP contribution >= 0.6 is 23.7 Å². The second-order valence-electron chi connectivity index (χ2n) is 6.36. The van der Waals surface area contributed by atoms with Crippen LogP contribution in [0.3, 0.4) is 0 Å². The fourth-order valence-electron chi connectivity index (χ4n) is 3.47. The van der Waals surface area contributed by atoms with Gasteiger partial charge in [0.15, 0.2) is 4.96 Å². The lowest BCUT2D eigenvalue weighted by Crippen LogP contribution is -2.61. The van der Waals surface area contributed by atoms with Crippen molar-refractivity contribution < 1.29 is 9.90 Å². The summed E-state index contributed by atoms with van der Waals surface area (Å²) in [4.78, 5) is 18.1. The summed E-state index contributed by atoms with van der Waals surface area (Å²) in [5.74, 6) is -0.129. The number of rotatable bonds is 4. The molecular formula is C18H21ClN4O2S. The first-order valence-electron chi connectivity index (χ1n) is 8.34. The highest BCUT2D eigenvalue weighted by atomic mass is 35.5. The zero-order valence-corrected chi connectivity index (χ0v) is 15.7. The molecule has 8 heteroatoms. The van der Waals surface area contributed by atoms with E-state index in [4.69, 9.17) is 0 Å². The predicted molar refractivity (Wildman–Crippen MR) is 104 cm³/mol. The zero-order chi connectivity index (χ0) is 17.3. The number of carbonyl (C=O) groups is 1. The fourth-order valence-corrected chi connectivity index (χ4v) is 4.19. The summed E-state index contributed by atoms with van der Waals surface area (Å²) in [6.07, 6.45) is 3.96. The number of aliphatic hydroxyl groups excluding tert-OH is 1. The maximum absolute atomic E-state index is 12.7. The van der Waals surface area contributed by atoms with Crippen molar-refractivity contribution in [2.75, 3.05) is 13.1 Å². The molecule has 0 radical (unpaired) electrons. The van der Waals surface area contributed by atoms with Gasteiger partial charge in [0.1, 0.15) is 0 Å². The second kappa shape index (κ2) is 7.75. The third-order valence-corrected chi connectivity index (χ3v) is 5.51. The number of imidazole rings is 1. The number of benzene rings is 1. The van der Waals surface area contributed by atoms with Crippen LogP contribution in [-0.2, 0) is 16.8 Å². The molecule has 2 atom stereocenters. The van der Waals surface area contributed by atoms with Gasteiger partial charge >= 0.3 is 0 Å². The Morgan fingerprint density at radius 2 is 2.23 bits per heavy atom. The number of β-amino-alcohol motifs (C(OH)–C–C–N with tert-alkyl or cyclic N) is 1. The Morgan fingerprint density at radius 1 is 1.42 bits per heavy atom. The number of nitrogens with one attached hydrogen (secondary N) is 2. The minimum Gasteiger partial charge on any atom is -0.389 e. The van der Waals surface area contributed by atoms with E-state index < -0.39 is 11.6 Å². The molecule has 3 heterocycles. The van der Waals surface area contributed by atoms with E-state index in [1.165, 1.54) is 11.3 Å². The third-order valence-electron chi connectivity index (χ3n) is 4.74. The van der Waals surface area contributed by atoms with E-state index in [1.54, 1.807) is 0 Å². The number of carbonyl (C=O) groups excluding carboxylic acids is 1. The van der Waals surface area contributed by atoms with E-state index in [0.29, 0.717) is 13.0 Å². The summed E-state index contributed by atoms with van der Waals surface area (Å²) in [5.41, 5.74) is 0.903. The number of hydrogen-bond acceptors (Lipinski definition) is 5. The highest BCUT2D eigenvalue weighted by Crippen LogP contribution is 2.31. The SMILES string of the molecule is Cl.O=C(Cc1cn2ccsc2n1)N[C@]1(c2ccccc2)CCNC[C@H]1O. The first-order valence-corrected chi connectivity index (χ1v) is 9.22. The summed E-state index contributed by atoms with van der Waals surface area (Å²) in [6.45, 7) is 1.20. The number of fused-ring (bicyclic) bond motifs is 1. The molecule has 1 aromatic carbocycles. The first kappa shape index (κ1) is 18.8. The Hall–Kier alpha value is -1.93. The second-order valence-corrected chi connectivity index (χ2v) is 7.23. The van der Waals surface area contributed by atoms with Gasteiger partial charge < -0.3 is 15.7 Å². The molecule has 3 N–H and O–H groups in total. The van der Waals surface area contributed by atoms with Gasteiger partial charge in [0.25, 0.3) is 0 Å². The van der Waals surface area contributed by atoms with E-state index in [1.807, 2.05) is 52.5 Å².